The molecule has 1 aromatic carbocycles. The highest BCUT2D eigenvalue weighted by Gasteiger charge is 2.37. The molecular weight excluding hydrogens is 530 g/mol. The molecule has 5 aromatic rings. The van der Waals surface area contributed by atoms with E-state index in [1.165, 1.54) is 16.2 Å². The number of amides is 2. The number of aliphatic carboxylic acids is 1. The fourth-order valence-electron chi connectivity index (χ4n) is 5.02. The monoisotopic (exact) mass is 557 g/mol. The van der Waals surface area contributed by atoms with Crippen molar-refractivity contribution in [3.05, 3.63) is 49.1 Å². The number of anilines is 2. The van der Waals surface area contributed by atoms with Crippen LogP contribution in [0.25, 0.3) is 43.6 Å². The smallest absolute Gasteiger partial charge is 0.321 e. The number of aromatic nitrogens is 4. The molecule has 11 nitrogen and oxygen atoms in total. The van der Waals surface area contributed by atoms with Gasteiger partial charge in [-0.15, -0.1) is 0 Å². The highest BCUT2D eigenvalue weighted by molar-refractivity contribution is 7.23. The van der Waals surface area contributed by atoms with Gasteiger partial charge in [-0.05, 0) is 56.5 Å². The normalized spacial score (nSPS) is 15.0. The van der Waals surface area contributed by atoms with Gasteiger partial charge >= 0.3 is 12.0 Å². The Balaban J connectivity index is 1.41. The molecule has 0 aliphatic carbocycles. The average molecular weight is 558 g/mol. The number of carboxylic acid groups (broad SMARTS) is 1. The van der Waals surface area contributed by atoms with Gasteiger partial charge in [0.2, 0.25) is 5.95 Å². The van der Waals surface area contributed by atoms with Crippen LogP contribution in [0.4, 0.5) is 15.9 Å². The van der Waals surface area contributed by atoms with E-state index < -0.39 is 17.4 Å². The lowest BCUT2D eigenvalue weighted by Crippen LogP contribution is -2.43. The van der Waals surface area contributed by atoms with Gasteiger partial charge in [0.25, 0.3) is 0 Å². The maximum atomic E-state index is 12.1. The molecule has 0 spiro atoms. The molecule has 40 heavy (non-hydrogen) atoms. The number of pyridine rings is 1. The molecule has 0 unspecified atom stereocenters. The van der Waals surface area contributed by atoms with Crippen molar-refractivity contribution in [3.63, 3.8) is 0 Å². The Bertz CT molecular complexity index is 1740. The summed E-state index contributed by atoms with van der Waals surface area (Å²) in [7, 11) is 0. The molecular formula is C28H27N7O4S. The lowest BCUT2D eigenvalue weighted by atomic mass is 9.80. The quantitative estimate of drug-likeness (QED) is 0.288. The molecule has 4 aromatic heterocycles. The van der Waals surface area contributed by atoms with E-state index in [0.717, 1.165) is 32.5 Å². The van der Waals surface area contributed by atoms with Crippen molar-refractivity contribution in [2.45, 2.75) is 26.7 Å². The zero-order chi connectivity index (χ0) is 28.0. The molecule has 6 rings (SSSR count). The number of primary amides is 1. The summed E-state index contributed by atoms with van der Waals surface area (Å²) in [6.45, 7) is 5.18. The minimum atomic E-state index is -0.765. The largest absolute Gasteiger partial charge is 0.481 e. The Hall–Kier alpha value is -4.58. The number of fused-ring (bicyclic) bond motifs is 2. The summed E-state index contributed by atoms with van der Waals surface area (Å²) in [5.41, 5.74) is 9.52. The van der Waals surface area contributed by atoms with Crippen LogP contribution in [-0.4, -0.2) is 56.7 Å². The Morgan fingerprint density at radius 3 is 2.58 bits per heavy atom. The van der Waals surface area contributed by atoms with Gasteiger partial charge in [-0.2, -0.15) is 0 Å². The van der Waals surface area contributed by atoms with Crippen LogP contribution in [0, 0.1) is 5.41 Å². The van der Waals surface area contributed by atoms with E-state index in [1.807, 2.05) is 36.1 Å². The molecule has 0 bridgehead atoms. The first-order valence-corrected chi connectivity index (χ1v) is 13.7. The van der Waals surface area contributed by atoms with E-state index in [4.69, 9.17) is 15.1 Å². The van der Waals surface area contributed by atoms with Crippen molar-refractivity contribution < 1.29 is 19.1 Å². The van der Waals surface area contributed by atoms with Gasteiger partial charge in [-0.3, -0.25) is 14.7 Å². The lowest BCUT2D eigenvalue weighted by Gasteiger charge is -2.36. The van der Waals surface area contributed by atoms with Crippen molar-refractivity contribution in [1.82, 2.24) is 19.9 Å². The number of piperidine rings is 1. The van der Waals surface area contributed by atoms with Gasteiger partial charge in [0.15, 0.2) is 5.13 Å². The summed E-state index contributed by atoms with van der Waals surface area (Å²) in [5.74, 6) is -0.198. The summed E-state index contributed by atoms with van der Waals surface area (Å²) in [6.07, 6.45) is 7.93. The number of carboxylic acids is 1. The van der Waals surface area contributed by atoms with E-state index in [1.54, 1.807) is 31.8 Å². The molecule has 1 aliphatic rings. The third-order valence-corrected chi connectivity index (χ3v) is 8.69. The molecule has 5 heterocycles. The predicted molar refractivity (Wildman–Crippen MR) is 153 cm³/mol. The standard InChI is InChI=1S/C28H27N7O4S/c1-3-35(25(29)38)27-33-20-13-16(12-19(23(20)40-27)22-18-5-11-39-21(18)4-8-30-22)17-14-31-26(32-15-17)34-9-6-28(2,7-10-34)24(36)37/h4-5,8,11-15H,3,6-7,9-10H2,1-2H3,(H2,29,38)(H,36,37). The SMILES string of the molecule is CCN(C(N)=O)c1nc2cc(-c3cnc(N4CCC(C)(C(=O)O)CC4)nc3)cc(-c3nccc4occc34)c2s1. The number of hydrogen-bond acceptors (Lipinski definition) is 9. The van der Waals surface area contributed by atoms with Gasteiger partial charge in [0, 0.05) is 54.7 Å². The van der Waals surface area contributed by atoms with Gasteiger partial charge in [-0.25, -0.2) is 19.7 Å². The average Bonchev–Trinajstić information content (AvgIpc) is 3.60. The number of rotatable bonds is 6. The molecule has 0 radical (unpaired) electrons. The number of carbonyl (C=O) groups excluding carboxylic acids is 1. The summed E-state index contributed by atoms with van der Waals surface area (Å²) in [6, 6.07) is 7.10. The second-order valence-corrected chi connectivity index (χ2v) is 11.0. The van der Waals surface area contributed by atoms with E-state index in [2.05, 4.69) is 15.0 Å². The first-order valence-electron chi connectivity index (χ1n) is 12.9. The molecule has 2 amide bonds. The minimum absolute atomic E-state index is 0.393. The molecule has 3 N–H and O–H groups in total. The summed E-state index contributed by atoms with van der Waals surface area (Å²) >= 11 is 1.38. The highest BCUT2D eigenvalue weighted by Crippen LogP contribution is 2.41. The number of hydrogen-bond donors (Lipinski definition) is 2. The van der Waals surface area contributed by atoms with Crippen LogP contribution in [0.2, 0.25) is 0 Å². The Labute approximate surface area is 233 Å². The van der Waals surface area contributed by atoms with E-state index in [-0.39, 0.29) is 0 Å². The number of thiazole rings is 1. The van der Waals surface area contributed by atoms with Crippen molar-refractivity contribution in [2.75, 3.05) is 29.4 Å². The van der Waals surface area contributed by atoms with E-state index in [9.17, 15) is 14.7 Å². The predicted octanol–water partition coefficient (Wildman–Crippen LogP) is 5.16. The fraction of sp³-hybridized carbons (Fsp3) is 0.286. The summed E-state index contributed by atoms with van der Waals surface area (Å²) in [4.78, 5) is 45.8. The molecule has 204 valence electrons. The topological polar surface area (TPSA) is 152 Å². The van der Waals surface area contributed by atoms with Crippen LogP contribution >= 0.6 is 11.3 Å². The van der Waals surface area contributed by atoms with Crippen LogP contribution < -0.4 is 15.5 Å². The zero-order valence-electron chi connectivity index (χ0n) is 22.0. The van der Waals surface area contributed by atoms with Crippen LogP contribution in [0.3, 0.4) is 0 Å². The maximum Gasteiger partial charge on any atom is 0.321 e. The number of urea groups is 1. The molecule has 12 heteroatoms. The van der Waals surface area contributed by atoms with Crippen LogP contribution in [0.1, 0.15) is 26.7 Å². The van der Waals surface area contributed by atoms with Crippen LogP contribution in [0.5, 0.6) is 0 Å². The summed E-state index contributed by atoms with van der Waals surface area (Å²) < 4.78 is 6.48. The van der Waals surface area contributed by atoms with Crippen molar-refractivity contribution in [3.8, 4) is 22.4 Å². The molecule has 1 aliphatic heterocycles. The van der Waals surface area contributed by atoms with E-state index >= 15 is 0 Å². The number of furan rings is 1. The van der Waals surface area contributed by atoms with Crippen LogP contribution in [0.15, 0.2) is 53.5 Å². The number of benzene rings is 1. The van der Waals surface area contributed by atoms with Crippen molar-refractivity contribution in [2.24, 2.45) is 11.1 Å². The highest BCUT2D eigenvalue weighted by atomic mass is 32.1. The lowest BCUT2D eigenvalue weighted by molar-refractivity contribution is -0.149. The molecule has 1 fully saturated rings. The molecule has 0 saturated carbocycles. The van der Waals surface area contributed by atoms with Gasteiger partial charge in [0.1, 0.15) is 5.58 Å². The second kappa shape index (κ2) is 9.87. The third kappa shape index (κ3) is 4.39. The van der Waals surface area contributed by atoms with E-state index in [0.29, 0.717) is 54.7 Å². The first kappa shape index (κ1) is 25.7. The Morgan fingerprint density at radius 2 is 1.90 bits per heavy atom. The van der Waals surface area contributed by atoms with Crippen molar-refractivity contribution >= 4 is 55.6 Å². The van der Waals surface area contributed by atoms with Gasteiger partial charge < -0.3 is 20.2 Å². The van der Waals surface area contributed by atoms with Gasteiger partial charge in [-0.1, -0.05) is 11.3 Å². The minimum Gasteiger partial charge on any atom is -0.481 e. The third-order valence-electron chi connectivity index (χ3n) is 7.56. The van der Waals surface area contributed by atoms with Gasteiger partial charge in [0.05, 0.1) is 27.6 Å². The summed E-state index contributed by atoms with van der Waals surface area (Å²) in [5, 5.41) is 10.9. The second-order valence-electron chi connectivity index (χ2n) is 10.1. The maximum absolute atomic E-state index is 12.1. The van der Waals surface area contributed by atoms with Crippen molar-refractivity contribution in [1.29, 1.82) is 0 Å². The number of nitrogens with zero attached hydrogens (tertiary/aromatic N) is 6. The Morgan fingerprint density at radius 1 is 1.15 bits per heavy atom. The number of carbonyl (C=O) groups is 2. The zero-order valence-corrected chi connectivity index (χ0v) is 22.8. The molecule has 1 saturated heterocycles. The fourth-order valence-corrected chi connectivity index (χ4v) is 6.15. The first-order chi connectivity index (χ1) is 19.3. The Kier molecular flexibility index (Phi) is 6.34. The number of nitrogens with two attached hydrogens (primary N) is 1. The van der Waals surface area contributed by atoms with Crippen LogP contribution in [-0.2, 0) is 4.79 Å². The molecule has 0 atom stereocenters.